The van der Waals surface area contributed by atoms with E-state index >= 15 is 0 Å². The van der Waals surface area contributed by atoms with E-state index < -0.39 is 0 Å². The Morgan fingerprint density at radius 2 is 2.11 bits per heavy atom. The van der Waals surface area contributed by atoms with E-state index in [1.54, 1.807) is 11.8 Å². The van der Waals surface area contributed by atoms with Gasteiger partial charge in [-0.05, 0) is 38.2 Å². The molecule has 1 N–H and O–H groups in total. The quantitative estimate of drug-likeness (QED) is 0.918. The van der Waals surface area contributed by atoms with Crippen molar-refractivity contribution in [3.05, 3.63) is 34.9 Å². The molecule has 1 amide bonds. The highest BCUT2D eigenvalue weighted by Gasteiger charge is 2.37. The first kappa shape index (κ1) is 14.4. The van der Waals surface area contributed by atoms with Crippen molar-refractivity contribution in [2.24, 2.45) is 0 Å². The molecule has 0 saturated carbocycles. The molecule has 1 aliphatic heterocycles. The topological polar surface area (TPSA) is 32.3 Å². The molecule has 0 aliphatic carbocycles. The van der Waals surface area contributed by atoms with Crippen molar-refractivity contribution >= 4 is 17.7 Å². The lowest BCUT2D eigenvalue weighted by atomic mass is 10.0. The molecule has 104 valence electrons. The number of nitrogens with one attached hydrogen (secondary N) is 1. The van der Waals surface area contributed by atoms with Crippen LogP contribution >= 0.6 is 11.8 Å². The monoisotopic (exact) mass is 278 g/mol. The molecule has 1 heterocycles. The fourth-order valence-corrected chi connectivity index (χ4v) is 2.97. The van der Waals surface area contributed by atoms with Crippen LogP contribution in [0.3, 0.4) is 0 Å². The predicted molar refractivity (Wildman–Crippen MR) is 81.3 cm³/mol. The van der Waals surface area contributed by atoms with Gasteiger partial charge in [0.25, 0.3) is 0 Å². The molecule has 0 bridgehead atoms. The molecule has 0 radical (unpaired) electrons. The maximum absolute atomic E-state index is 12.2. The third-order valence-corrected chi connectivity index (χ3v) is 4.22. The zero-order valence-electron chi connectivity index (χ0n) is 12.1. The molecule has 2 rings (SSSR count). The SMILES string of the molecule is CSCCN1C(=O)C(C)NC1c1ccc(C)cc1C. The van der Waals surface area contributed by atoms with Gasteiger partial charge in [-0.25, -0.2) is 0 Å². The van der Waals surface area contributed by atoms with Crippen molar-refractivity contribution in [1.82, 2.24) is 10.2 Å². The molecule has 0 aromatic heterocycles. The summed E-state index contributed by atoms with van der Waals surface area (Å²) in [5, 5.41) is 3.41. The van der Waals surface area contributed by atoms with E-state index in [1.807, 2.05) is 11.8 Å². The van der Waals surface area contributed by atoms with E-state index in [-0.39, 0.29) is 18.1 Å². The molecule has 2 unspecified atom stereocenters. The Kier molecular flexibility index (Phi) is 4.53. The van der Waals surface area contributed by atoms with Gasteiger partial charge in [-0.3, -0.25) is 10.1 Å². The van der Waals surface area contributed by atoms with Crippen molar-refractivity contribution in [2.75, 3.05) is 18.6 Å². The summed E-state index contributed by atoms with van der Waals surface area (Å²) < 4.78 is 0. The highest BCUT2D eigenvalue weighted by Crippen LogP contribution is 2.28. The zero-order valence-corrected chi connectivity index (χ0v) is 12.9. The molecule has 4 heteroatoms. The Hall–Kier alpha value is -1.00. The van der Waals surface area contributed by atoms with Crippen LogP contribution in [0.25, 0.3) is 0 Å². The zero-order chi connectivity index (χ0) is 14.0. The summed E-state index contributed by atoms with van der Waals surface area (Å²) in [7, 11) is 0. The largest absolute Gasteiger partial charge is 0.321 e. The highest BCUT2D eigenvalue weighted by atomic mass is 32.2. The van der Waals surface area contributed by atoms with Gasteiger partial charge in [-0.2, -0.15) is 11.8 Å². The van der Waals surface area contributed by atoms with Crippen molar-refractivity contribution < 1.29 is 4.79 Å². The van der Waals surface area contributed by atoms with E-state index in [1.165, 1.54) is 16.7 Å². The maximum Gasteiger partial charge on any atom is 0.241 e. The summed E-state index contributed by atoms with van der Waals surface area (Å²) in [6.45, 7) is 6.95. The molecule has 1 saturated heterocycles. The molecule has 3 nitrogen and oxygen atoms in total. The van der Waals surface area contributed by atoms with E-state index in [9.17, 15) is 4.79 Å². The lowest BCUT2D eigenvalue weighted by molar-refractivity contribution is -0.129. The van der Waals surface area contributed by atoms with Crippen LogP contribution < -0.4 is 5.32 Å². The van der Waals surface area contributed by atoms with Gasteiger partial charge in [-0.15, -0.1) is 0 Å². The van der Waals surface area contributed by atoms with Crippen LogP contribution in [0, 0.1) is 13.8 Å². The molecule has 1 aromatic rings. The number of carbonyl (C=O) groups excluding carboxylic acids is 1. The third kappa shape index (κ3) is 2.95. The molecule has 19 heavy (non-hydrogen) atoms. The lowest BCUT2D eigenvalue weighted by Crippen LogP contribution is -2.33. The van der Waals surface area contributed by atoms with E-state index in [0.717, 1.165) is 12.3 Å². The average molecular weight is 278 g/mol. The summed E-state index contributed by atoms with van der Waals surface area (Å²) in [5.74, 6) is 1.18. The van der Waals surface area contributed by atoms with Crippen molar-refractivity contribution in [3.63, 3.8) is 0 Å². The molecule has 0 spiro atoms. The van der Waals surface area contributed by atoms with Crippen molar-refractivity contribution in [3.8, 4) is 0 Å². The number of carbonyl (C=O) groups is 1. The summed E-state index contributed by atoms with van der Waals surface area (Å²) in [6, 6.07) is 6.34. The summed E-state index contributed by atoms with van der Waals surface area (Å²) in [5.41, 5.74) is 3.72. The first-order valence-electron chi connectivity index (χ1n) is 6.67. The number of hydrogen-bond donors (Lipinski definition) is 1. The number of hydrogen-bond acceptors (Lipinski definition) is 3. The number of benzene rings is 1. The first-order valence-corrected chi connectivity index (χ1v) is 8.06. The van der Waals surface area contributed by atoms with E-state index in [4.69, 9.17) is 0 Å². The average Bonchev–Trinajstić information content (AvgIpc) is 2.63. The predicted octanol–water partition coefficient (Wildman–Crippen LogP) is 2.49. The minimum absolute atomic E-state index is 0.0234. The number of nitrogens with zero attached hydrogens (tertiary/aromatic N) is 1. The fourth-order valence-electron chi connectivity index (χ4n) is 2.59. The van der Waals surface area contributed by atoms with Crippen molar-refractivity contribution in [2.45, 2.75) is 33.0 Å². The maximum atomic E-state index is 12.2. The number of amides is 1. The second kappa shape index (κ2) is 5.97. The molecule has 1 aliphatic rings. The van der Waals surface area contributed by atoms with E-state index in [0.29, 0.717) is 0 Å². The Morgan fingerprint density at radius 3 is 2.74 bits per heavy atom. The summed E-state index contributed by atoms with van der Waals surface area (Å²) in [4.78, 5) is 14.2. The van der Waals surface area contributed by atoms with Gasteiger partial charge in [0, 0.05) is 12.3 Å². The van der Waals surface area contributed by atoms with Crippen LogP contribution in [0.2, 0.25) is 0 Å². The minimum atomic E-state index is -0.0902. The lowest BCUT2D eigenvalue weighted by Gasteiger charge is -2.25. The second-order valence-corrected chi connectivity index (χ2v) is 6.16. The van der Waals surface area contributed by atoms with Gasteiger partial charge in [0.15, 0.2) is 0 Å². The molecular formula is C15H22N2OS. The van der Waals surface area contributed by atoms with Crippen LogP contribution in [0.1, 0.15) is 29.8 Å². The van der Waals surface area contributed by atoms with Gasteiger partial charge in [0.05, 0.1) is 6.04 Å². The van der Waals surface area contributed by atoms with Gasteiger partial charge in [-0.1, -0.05) is 23.8 Å². The smallest absolute Gasteiger partial charge is 0.241 e. The standard InChI is InChI=1S/C15H22N2OS/c1-10-5-6-13(11(2)9-10)14-16-12(3)15(18)17(14)7-8-19-4/h5-6,9,12,14,16H,7-8H2,1-4H3. The Balaban J connectivity index is 2.28. The number of aryl methyl sites for hydroxylation is 2. The van der Waals surface area contributed by atoms with Crippen molar-refractivity contribution in [1.29, 1.82) is 0 Å². The van der Waals surface area contributed by atoms with Crippen LogP contribution in [0.4, 0.5) is 0 Å². The second-order valence-electron chi connectivity index (χ2n) is 5.18. The highest BCUT2D eigenvalue weighted by molar-refractivity contribution is 7.98. The molecule has 2 atom stereocenters. The van der Waals surface area contributed by atoms with Gasteiger partial charge < -0.3 is 4.90 Å². The normalized spacial score (nSPS) is 23.2. The summed E-state index contributed by atoms with van der Waals surface area (Å²) in [6.07, 6.45) is 2.10. The minimum Gasteiger partial charge on any atom is -0.321 e. The van der Waals surface area contributed by atoms with Gasteiger partial charge in [0.1, 0.15) is 6.17 Å². The Bertz CT molecular complexity index is 475. The van der Waals surface area contributed by atoms with Gasteiger partial charge in [0.2, 0.25) is 5.91 Å². The molecular weight excluding hydrogens is 256 g/mol. The van der Waals surface area contributed by atoms with Crippen LogP contribution in [-0.2, 0) is 4.79 Å². The van der Waals surface area contributed by atoms with Crippen LogP contribution in [0.15, 0.2) is 18.2 Å². The van der Waals surface area contributed by atoms with Gasteiger partial charge >= 0.3 is 0 Å². The van der Waals surface area contributed by atoms with Crippen LogP contribution in [-0.4, -0.2) is 35.4 Å². The Labute approximate surface area is 119 Å². The number of thioether (sulfide) groups is 1. The summed E-state index contributed by atoms with van der Waals surface area (Å²) >= 11 is 1.77. The molecule has 1 aromatic carbocycles. The molecule has 1 fully saturated rings. The fraction of sp³-hybridized carbons (Fsp3) is 0.533. The van der Waals surface area contributed by atoms with E-state index in [2.05, 4.69) is 43.6 Å². The van der Waals surface area contributed by atoms with Crippen LogP contribution in [0.5, 0.6) is 0 Å². The number of rotatable bonds is 4. The third-order valence-electron chi connectivity index (χ3n) is 3.63. The first-order chi connectivity index (χ1) is 9.04. The Morgan fingerprint density at radius 1 is 1.37 bits per heavy atom.